The van der Waals surface area contributed by atoms with Gasteiger partial charge in [-0.2, -0.15) is 0 Å². The third-order valence-electron chi connectivity index (χ3n) is 7.26. The molecule has 0 saturated carbocycles. The van der Waals surface area contributed by atoms with Crippen LogP contribution in [0.3, 0.4) is 0 Å². The first kappa shape index (κ1) is 24.6. The Morgan fingerprint density at radius 1 is 1.00 bits per heavy atom. The Bertz CT molecular complexity index is 1290. The molecule has 1 fully saturated rings. The summed E-state index contributed by atoms with van der Waals surface area (Å²) in [6.07, 6.45) is 3.82. The van der Waals surface area contributed by atoms with Gasteiger partial charge in [0.05, 0.1) is 36.0 Å². The lowest BCUT2D eigenvalue weighted by atomic mass is 9.94. The van der Waals surface area contributed by atoms with Gasteiger partial charge in [0.2, 0.25) is 5.91 Å². The van der Waals surface area contributed by atoms with Gasteiger partial charge < -0.3 is 14.9 Å². The number of piperidine rings is 1. The van der Waals surface area contributed by atoms with Crippen molar-refractivity contribution in [2.45, 2.75) is 25.5 Å². The van der Waals surface area contributed by atoms with Crippen LogP contribution in [0.4, 0.5) is 5.69 Å². The molecule has 0 spiro atoms. The van der Waals surface area contributed by atoms with Gasteiger partial charge in [0.1, 0.15) is 0 Å². The molecule has 1 aromatic heterocycles. The number of anilines is 1. The van der Waals surface area contributed by atoms with Gasteiger partial charge in [0, 0.05) is 38.4 Å². The Balaban J connectivity index is 1.24. The molecule has 1 saturated heterocycles. The van der Waals surface area contributed by atoms with E-state index in [1.165, 1.54) is 4.90 Å². The fourth-order valence-electron chi connectivity index (χ4n) is 5.20. The van der Waals surface area contributed by atoms with Crippen LogP contribution in [-0.4, -0.2) is 64.3 Å². The van der Waals surface area contributed by atoms with E-state index in [1.807, 2.05) is 42.5 Å². The van der Waals surface area contributed by atoms with Crippen molar-refractivity contribution >= 4 is 23.4 Å². The SMILES string of the molecule is CN(C[C@H](O)c1ccccc1)C(=O)C1CCN(c2cccc3c2C(=O)N(Cc2ccncc2)C3=O)CC1. The zero-order valence-corrected chi connectivity index (χ0v) is 20.8. The number of carbonyl (C=O) groups excluding carboxylic acids is 3. The van der Waals surface area contributed by atoms with Gasteiger partial charge in [-0.25, -0.2) is 0 Å². The van der Waals surface area contributed by atoms with Crippen molar-refractivity contribution in [2.24, 2.45) is 5.92 Å². The van der Waals surface area contributed by atoms with E-state index in [4.69, 9.17) is 0 Å². The second-order valence-electron chi connectivity index (χ2n) is 9.66. The summed E-state index contributed by atoms with van der Waals surface area (Å²) < 4.78 is 0. The van der Waals surface area contributed by atoms with Gasteiger partial charge in [0.15, 0.2) is 0 Å². The number of aliphatic hydroxyl groups is 1. The fourth-order valence-corrected chi connectivity index (χ4v) is 5.20. The Labute approximate surface area is 216 Å². The van der Waals surface area contributed by atoms with Crippen LogP contribution in [0.25, 0.3) is 0 Å². The zero-order chi connectivity index (χ0) is 25.9. The van der Waals surface area contributed by atoms with Gasteiger partial charge in [0.25, 0.3) is 11.8 Å². The van der Waals surface area contributed by atoms with Crippen LogP contribution >= 0.6 is 0 Å². The van der Waals surface area contributed by atoms with Crippen LogP contribution in [0, 0.1) is 5.92 Å². The van der Waals surface area contributed by atoms with Crippen LogP contribution in [0.1, 0.15) is 50.8 Å². The fraction of sp³-hybridized carbons (Fsp3) is 0.310. The average Bonchev–Trinajstić information content (AvgIpc) is 3.18. The number of rotatable bonds is 7. The second-order valence-corrected chi connectivity index (χ2v) is 9.66. The van der Waals surface area contributed by atoms with Crippen molar-refractivity contribution in [1.82, 2.24) is 14.8 Å². The van der Waals surface area contributed by atoms with Gasteiger partial charge in [-0.3, -0.25) is 24.3 Å². The number of hydrogen-bond donors (Lipinski definition) is 1. The molecule has 8 heteroatoms. The molecule has 1 N–H and O–H groups in total. The molecule has 1 atom stereocenters. The smallest absolute Gasteiger partial charge is 0.263 e. The molecular weight excluding hydrogens is 468 g/mol. The zero-order valence-electron chi connectivity index (χ0n) is 20.8. The molecule has 8 nitrogen and oxygen atoms in total. The number of aromatic nitrogens is 1. The highest BCUT2D eigenvalue weighted by Gasteiger charge is 2.39. The summed E-state index contributed by atoms with van der Waals surface area (Å²) in [5.74, 6) is -0.716. The number of benzene rings is 2. The van der Waals surface area contributed by atoms with Crippen molar-refractivity contribution in [3.05, 3.63) is 95.3 Å². The van der Waals surface area contributed by atoms with Gasteiger partial charge in [-0.1, -0.05) is 36.4 Å². The molecule has 0 unspecified atom stereocenters. The Morgan fingerprint density at radius 2 is 1.70 bits per heavy atom. The highest BCUT2D eigenvalue weighted by Crippen LogP contribution is 2.35. The number of aliphatic hydroxyl groups excluding tert-OH is 1. The molecule has 5 rings (SSSR count). The van der Waals surface area contributed by atoms with Crippen LogP contribution in [0.15, 0.2) is 73.1 Å². The highest BCUT2D eigenvalue weighted by atomic mass is 16.3. The number of hydrogen-bond acceptors (Lipinski definition) is 6. The second kappa shape index (κ2) is 10.5. The lowest BCUT2D eigenvalue weighted by Gasteiger charge is -2.35. The molecule has 0 radical (unpaired) electrons. The molecule has 2 aliphatic rings. The molecular formula is C29H30N4O4. The van der Waals surface area contributed by atoms with E-state index in [0.29, 0.717) is 37.1 Å². The minimum absolute atomic E-state index is 0.0164. The molecule has 2 aromatic carbocycles. The minimum Gasteiger partial charge on any atom is -0.387 e. The summed E-state index contributed by atoms with van der Waals surface area (Å²) in [7, 11) is 1.73. The van der Waals surface area contributed by atoms with Gasteiger partial charge in [-0.15, -0.1) is 0 Å². The summed E-state index contributed by atoms with van der Waals surface area (Å²) in [6, 6.07) is 18.3. The molecule has 3 aromatic rings. The number of nitrogens with zero attached hydrogens (tertiary/aromatic N) is 4. The van der Waals surface area contributed by atoms with Crippen molar-refractivity contribution in [3.63, 3.8) is 0 Å². The summed E-state index contributed by atoms with van der Waals surface area (Å²) in [6.45, 7) is 1.65. The van der Waals surface area contributed by atoms with E-state index in [0.717, 1.165) is 16.8 Å². The maximum Gasteiger partial charge on any atom is 0.263 e. The van der Waals surface area contributed by atoms with Gasteiger partial charge in [-0.05, 0) is 48.2 Å². The number of imide groups is 1. The topological polar surface area (TPSA) is 94.1 Å². The van der Waals surface area contributed by atoms with Crippen molar-refractivity contribution in [1.29, 1.82) is 0 Å². The van der Waals surface area contributed by atoms with Crippen LogP contribution in [-0.2, 0) is 11.3 Å². The number of fused-ring (bicyclic) bond motifs is 1. The first-order valence-corrected chi connectivity index (χ1v) is 12.5. The maximum atomic E-state index is 13.3. The summed E-state index contributed by atoms with van der Waals surface area (Å²) in [5.41, 5.74) is 3.23. The standard InChI is InChI=1S/C29H30N4O4/c1-31(19-25(34)21-6-3-2-4-7-21)27(35)22-12-16-32(17-13-22)24-9-5-8-23-26(24)29(37)33(28(23)36)18-20-10-14-30-15-11-20/h2-11,14-15,22,25,34H,12-13,16-19H2,1H3/t25-/m0/s1. The predicted octanol–water partition coefficient (Wildman–Crippen LogP) is 3.29. The molecule has 190 valence electrons. The Morgan fingerprint density at radius 3 is 2.41 bits per heavy atom. The van der Waals surface area contributed by atoms with E-state index in [1.54, 1.807) is 42.5 Å². The summed E-state index contributed by atoms with van der Waals surface area (Å²) in [5, 5.41) is 10.5. The van der Waals surface area contributed by atoms with Crippen LogP contribution < -0.4 is 4.90 Å². The predicted molar refractivity (Wildman–Crippen MR) is 139 cm³/mol. The molecule has 0 bridgehead atoms. The molecule has 3 amide bonds. The number of carbonyl (C=O) groups is 3. The van der Waals surface area contributed by atoms with Crippen molar-refractivity contribution in [3.8, 4) is 0 Å². The highest BCUT2D eigenvalue weighted by molar-refractivity contribution is 6.23. The van der Waals surface area contributed by atoms with Crippen LogP contribution in [0.5, 0.6) is 0 Å². The molecule has 0 aliphatic carbocycles. The van der Waals surface area contributed by atoms with Crippen LogP contribution in [0.2, 0.25) is 0 Å². The third-order valence-corrected chi connectivity index (χ3v) is 7.26. The lowest BCUT2D eigenvalue weighted by molar-refractivity contribution is -0.136. The monoisotopic (exact) mass is 498 g/mol. The third kappa shape index (κ3) is 4.97. The van der Waals surface area contributed by atoms with E-state index >= 15 is 0 Å². The number of amides is 3. The number of pyridine rings is 1. The molecule has 37 heavy (non-hydrogen) atoms. The summed E-state index contributed by atoms with van der Waals surface area (Å²) >= 11 is 0. The first-order chi connectivity index (χ1) is 17.9. The van der Waals surface area contributed by atoms with E-state index in [2.05, 4.69) is 9.88 Å². The average molecular weight is 499 g/mol. The molecule has 3 heterocycles. The molecule has 2 aliphatic heterocycles. The Hall–Kier alpha value is -4.04. The number of likely N-dealkylation sites (N-methyl/N-ethyl adjacent to an activating group) is 1. The van der Waals surface area contributed by atoms with E-state index in [-0.39, 0.29) is 36.7 Å². The van der Waals surface area contributed by atoms with Crippen molar-refractivity contribution in [2.75, 3.05) is 31.6 Å². The Kier molecular flexibility index (Phi) is 7.01. The summed E-state index contributed by atoms with van der Waals surface area (Å²) in [4.78, 5) is 48.5. The first-order valence-electron chi connectivity index (χ1n) is 12.5. The van der Waals surface area contributed by atoms with Gasteiger partial charge >= 0.3 is 0 Å². The quantitative estimate of drug-likeness (QED) is 0.503. The largest absolute Gasteiger partial charge is 0.387 e. The minimum atomic E-state index is -0.735. The van der Waals surface area contributed by atoms with E-state index in [9.17, 15) is 19.5 Å². The maximum absolute atomic E-state index is 13.3. The van der Waals surface area contributed by atoms with Crippen molar-refractivity contribution < 1.29 is 19.5 Å². The normalized spacial score (nSPS) is 16.6. The lowest BCUT2D eigenvalue weighted by Crippen LogP contribution is -2.42. The van der Waals surface area contributed by atoms with E-state index < -0.39 is 6.10 Å².